The number of rotatable bonds is 5. The highest BCUT2D eigenvalue weighted by atomic mass is 32.1. The summed E-state index contributed by atoms with van der Waals surface area (Å²) in [5, 5.41) is 13.5. The molecule has 1 amide bonds. The van der Waals surface area contributed by atoms with Gasteiger partial charge in [-0.15, -0.1) is 10.2 Å². The Morgan fingerprint density at radius 2 is 2.06 bits per heavy atom. The molecule has 1 N–H and O–H groups in total. The van der Waals surface area contributed by atoms with Crippen molar-refractivity contribution < 1.29 is 9.53 Å². The van der Waals surface area contributed by atoms with Gasteiger partial charge in [-0.25, -0.2) is 4.85 Å². The fraction of sp³-hybridized carbons (Fsp3) is 0.333. The maximum absolute atomic E-state index is 11.6. The lowest BCUT2D eigenvalue weighted by Crippen LogP contribution is -2.29. The molecular weight excluding hydrogens is 408 g/mol. The fourth-order valence-electron chi connectivity index (χ4n) is 3.98. The lowest BCUT2D eigenvalue weighted by Gasteiger charge is -2.27. The highest BCUT2D eigenvalue weighted by molar-refractivity contribution is 7.17. The molecule has 4 rings (SSSR count). The summed E-state index contributed by atoms with van der Waals surface area (Å²) in [6.07, 6.45) is 2.93. The van der Waals surface area contributed by atoms with Crippen LogP contribution in [0.15, 0.2) is 36.4 Å². The number of nitrogens with zero attached hydrogens (tertiary/aromatic N) is 3. The van der Waals surface area contributed by atoms with Crippen LogP contribution in [-0.4, -0.2) is 22.2 Å². The molecule has 0 aliphatic heterocycles. The van der Waals surface area contributed by atoms with Crippen LogP contribution in [-0.2, 0) is 11.2 Å². The summed E-state index contributed by atoms with van der Waals surface area (Å²) >= 11 is 1.51. The van der Waals surface area contributed by atoms with Crippen molar-refractivity contribution in [1.82, 2.24) is 15.5 Å². The number of nitrogens with one attached hydrogen (secondary N) is 1. The van der Waals surface area contributed by atoms with E-state index in [4.69, 9.17) is 11.3 Å². The SMILES string of the molecule is [C-]#[N+]c1cc(-c2nnc(-c3cccc4c3CCC[C@H]4NC(C)=O)s2)ccc1OC(C)C. The van der Waals surface area contributed by atoms with Gasteiger partial charge in [0.15, 0.2) is 0 Å². The smallest absolute Gasteiger partial charge is 0.228 e. The van der Waals surface area contributed by atoms with Crippen LogP contribution in [0, 0.1) is 6.57 Å². The van der Waals surface area contributed by atoms with Crippen molar-refractivity contribution in [3.05, 3.63) is 58.9 Å². The van der Waals surface area contributed by atoms with E-state index in [0.717, 1.165) is 40.4 Å². The quantitative estimate of drug-likeness (QED) is 0.523. The van der Waals surface area contributed by atoms with Crippen molar-refractivity contribution in [3.8, 4) is 26.9 Å². The molecule has 7 heteroatoms. The van der Waals surface area contributed by atoms with Gasteiger partial charge in [0.25, 0.3) is 0 Å². The number of benzene rings is 2. The van der Waals surface area contributed by atoms with Crippen molar-refractivity contribution in [2.24, 2.45) is 0 Å². The van der Waals surface area contributed by atoms with Gasteiger partial charge in [-0.2, -0.15) is 0 Å². The van der Waals surface area contributed by atoms with Crippen LogP contribution < -0.4 is 10.1 Å². The maximum Gasteiger partial charge on any atom is 0.228 e. The zero-order valence-corrected chi connectivity index (χ0v) is 18.6. The molecular formula is C24H24N4O2S. The minimum Gasteiger partial charge on any atom is -0.502 e. The van der Waals surface area contributed by atoms with E-state index in [1.807, 2.05) is 38.1 Å². The predicted molar refractivity (Wildman–Crippen MR) is 122 cm³/mol. The first-order valence-corrected chi connectivity index (χ1v) is 11.2. The van der Waals surface area contributed by atoms with E-state index < -0.39 is 0 Å². The van der Waals surface area contributed by atoms with E-state index in [1.54, 1.807) is 6.92 Å². The van der Waals surface area contributed by atoms with Crippen molar-refractivity contribution in [2.75, 3.05) is 0 Å². The second kappa shape index (κ2) is 8.86. The first-order chi connectivity index (χ1) is 15.0. The minimum absolute atomic E-state index is 0.00468. The molecule has 0 bridgehead atoms. The van der Waals surface area contributed by atoms with Gasteiger partial charge in [-0.3, -0.25) is 4.79 Å². The summed E-state index contributed by atoms with van der Waals surface area (Å²) in [6, 6.07) is 11.8. The first-order valence-electron chi connectivity index (χ1n) is 10.4. The summed E-state index contributed by atoms with van der Waals surface area (Å²) in [5.41, 5.74) is 4.80. The van der Waals surface area contributed by atoms with Crippen LogP contribution >= 0.6 is 11.3 Å². The molecule has 0 unspecified atom stereocenters. The number of aromatic nitrogens is 2. The van der Waals surface area contributed by atoms with Gasteiger partial charge in [-0.05, 0) is 56.4 Å². The summed E-state index contributed by atoms with van der Waals surface area (Å²) in [5.74, 6) is 0.571. The van der Waals surface area contributed by atoms with Gasteiger partial charge in [0.1, 0.15) is 15.8 Å². The van der Waals surface area contributed by atoms with Crippen molar-refractivity contribution in [1.29, 1.82) is 0 Å². The van der Waals surface area contributed by atoms with Gasteiger partial charge < -0.3 is 10.1 Å². The molecule has 0 fully saturated rings. The van der Waals surface area contributed by atoms with Crippen LogP contribution in [0.3, 0.4) is 0 Å². The second-order valence-corrected chi connectivity index (χ2v) is 8.87. The molecule has 3 aromatic rings. The molecule has 0 spiro atoms. The Morgan fingerprint density at radius 3 is 2.81 bits per heavy atom. The zero-order chi connectivity index (χ0) is 22.0. The molecule has 1 atom stereocenters. The predicted octanol–water partition coefficient (Wildman–Crippen LogP) is 5.72. The maximum atomic E-state index is 11.6. The molecule has 1 heterocycles. The monoisotopic (exact) mass is 432 g/mol. The van der Waals surface area contributed by atoms with E-state index >= 15 is 0 Å². The standard InChI is InChI=1S/C24H24N4O2S/c1-14(2)30-22-12-11-16(13-21(22)25-4)23-27-28-24(31-23)19-9-5-8-18-17(19)7-6-10-20(18)26-15(3)29/h5,8-9,11-14,20H,6-7,10H2,1-3H3,(H,26,29)/t20-/m1/s1. The lowest BCUT2D eigenvalue weighted by molar-refractivity contribution is -0.119. The van der Waals surface area contributed by atoms with Crippen LogP contribution in [0.2, 0.25) is 0 Å². The number of carbonyl (C=O) groups is 1. The topological polar surface area (TPSA) is 68.5 Å². The molecule has 31 heavy (non-hydrogen) atoms. The average molecular weight is 433 g/mol. The third-order valence-electron chi connectivity index (χ3n) is 5.23. The summed E-state index contributed by atoms with van der Waals surface area (Å²) in [4.78, 5) is 15.2. The minimum atomic E-state index is -0.0121. The Kier molecular flexibility index (Phi) is 6.01. The van der Waals surface area contributed by atoms with Crippen LogP contribution in [0.1, 0.15) is 50.8 Å². The van der Waals surface area contributed by atoms with Gasteiger partial charge in [0.05, 0.1) is 18.7 Å². The number of amides is 1. The number of hydrogen-bond acceptors (Lipinski definition) is 5. The van der Waals surface area contributed by atoms with Crippen molar-refractivity contribution >= 4 is 22.9 Å². The van der Waals surface area contributed by atoms with E-state index in [0.29, 0.717) is 11.4 Å². The van der Waals surface area contributed by atoms with Gasteiger partial charge in [0, 0.05) is 18.1 Å². The average Bonchev–Trinajstić information content (AvgIpc) is 3.23. The highest BCUT2D eigenvalue weighted by Crippen LogP contribution is 2.40. The summed E-state index contributed by atoms with van der Waals surface area (Å²) in [7, 11) is 0. The van der Waals surface area contributed by atoms with E-state index in [2.05, 4.69) is 32.5 Å². The normalized spacial score (nSPS) is 15.3. The molecule has 2 aromatic carbocycles. The van der Waals surface area contributed by atoms with E-state index in [-0.39, 0.29) is 18.1 Å². The van der Waals surface area contributed by atoms with Crippen molar-refractivity contribution in [3.63, 3.8) is 0 Å². The Hall–Kier alpha value is -3.24. The van der Waals surface area contributed by atoms with Crippen molar-refractivity contribution in [2.45, 2.75) is 52.2 Å². The van der Waals surface area contributed by atoms with Gasteiger partial charge in [-0.1, -0.05) is 35.6 Å². The third-order valence-corrected chi connectivity index (χ3v) is 6.23. The van der Waals surface area contributed by atoms with E-state index in [1.165, 1.54) is 22.5 Å². The summed E-state index contributed by atoms with van der Waals surface area (Å²) in [6.45, 7) is 12.9. The molecule has 6 nitrogen and oxygen atoms in total. The van der Waals surface area contributed by atoms with Crippen LogP contribution in [0.25, 0.3) is 26.0 Å². The fourth-order valence-corrected chi connectivity index (χ4v) is 4.88. The molecule has 0 saturated heterocycles. The van der Waals surface area contributed by atoms with Gasteiger partial charge in [0.2, 0.25) is 11.6 Å². The number of carbonyl (C=O) groups excluding carboxylic acids is 1. The first kappa shape index (κ1) is 21.0. The number of fused-ring (bicyclic) bond motifs is 1. The highest BCUT2D eigenvalue weighted by Gasteiger charge is 2.24. The van der Waals surface area contributed by atoms with Crippen LogP contribution in [0.4, 0.5) is 5.69 Å². The van der Waals surface area contributed by atoms with Crippen LogP contribution in [0.5, 0.6) is 5.75 Å². The molecule has 1 aliphatic rings. The van der Waals surface area contributed by atoms with E-state index in [9.17, 15) is 4.79 Å². The molecule has 1 aromatic heterocycles. The molecule has 158 valence electrons. The third kappa shape index (κ3) is 4.44. The zero-order valence-electron chi connectivity index (χ0n) is 17.8. The second-order valence-electron chi connectivity index (χ2n) is 7.89. The van der Waals surface area contributed by atoms with Gasteiger partial charge >= 0.3 is 0 Å². The Morgan fingerprint density at radius 1 is 1.26 bits per heavy atom. The molecule has 0 saturated carbocycles. The lowest BCUT2D eigenvalue weighted by atomic mass is 9.85. The number of hydrogen-bond donors (Lipinski definition) is 1. The Bertz CT molecular complexity index is 1160. The largest absolute Gasteiger partial charge is 0.502 e. The molecule has 1 aliphatic carbocycles. The molecule has 0 radical (unpaired) electrons. The Labute approximate surface area is 186 Å². The number of ether oxygens (including phenoxy) is 1. The Balaban J connectivity index is 1.68. The summed E-state index contributed by atoms with van der Waals surface area (Å²) < 4.78 is 5.73.